The number of hydrogen-bond donors (Lipinski definition) is 0. The van der Waals surface area contributed by atoms with Gasteiger partial charge in [0.2, 0.25) is 0 Å². The van der Waals surface area contributed by atoms with Crippen molar-refractivity contribution in [3.63, 3.8) is 0 Å². The van der Waals surface area contributed by atoms with Crippen LogP contribution in [0.5, 0.6) is 0 Å². The van der Waals surface area contributed by atoms with E-state index in [4.69, 9.17) is 18.5 Å². The van der Waals surface area contributed by atoms with Gasteiger partial charge in [-0.15, -0.1) is 0 Å². The van der Waals surface area contributed by atoms with E-state index in [-0.39, 0.29) is 32.0 Å². The van der Waals surface area contributed by atoms with Gasteiger partial charge < -0.3 is 27.9 Å². The highest BCUT2D eigenvalue weighted by Crippen LogP contribution is 2.38. The molecule has 0 N–H and O–H groups in total. The smallest absolute Gasteiger partial charge is 0.306 e. The lowest BCUT2D eigenvalue weighted by atomic mass is 10.0. The Morgan fingerprint density at radius 1 is 0.500 bits per heavy atom. The van der Waals surface area contributed by atoms with Crippen molar-refractivity contribution in [2.75, 3.05) is 47.5 Å². The van der Waals surface area contributed by atoms with Crippen LogP contribution in [0.25, 0.3) is 0 Å². The van der Waals surface area contributed by atoms with Crippen LogP contribution in [0.2, 0.25) is 0 Å². The molecular formula is C44H88NO8P. The van der Waals surface area contributed by atoms with Crippen molar-refractivity contribution in [2.24, 2.45) is 0 Å². The fourth-order valence-corrected chi connectivity index (χ4v) is 7.27. The van der Waals surface area contributed by atoms with Crippen LogP contribution in [0.3, 0.4) is 0 Å². The summed E-state index contributed by atoms with van der Waals surface area (Å²) in [6.07, 6.45) is 37.1. The molecule has 0 aliphatic carbocycles. The van der Waals surface area contributed by atoms with Crippen LogP contribution >= 0.6 is 7.82 Å². The maximum atomic E-state index is 12.6. The Labute approximate surface area is 334 Å². The van der Waals surface area contributed by atoms with Crippen LogP contribution in [0.4, 0.5) is 0 Å². The molecule has 0 bridgehead atoms. The Kier molecular flexibility index (Phi) is 36.9. The van der Waals surface area contributed by atoms with Gasteiger partial charge in [0.1, 0.15) is 19.8 Å². The average molecular weight is 790 g/mol. The Morgan fingerprint density at radius 3 is 1.19 bits per heavy atom. The number of carbonyl (C=O) groups is 2. The number of quaternary nitrogens is 1. The van der Waals surface area contributed by atoms with E-state index in [1.54, 1.807) is 0 Å². The highest BCUT2D eigenvalue weighted by atomic mass is 31.2. The normalized spacial score (nSPS) is 13.5. The van der Waals surface area contributed by atoms with Crippen LogP contribution in [0.1, 0.15) is 219 Å². The Morgan fingerprint density at radius 2 is 0.833 bits per heavy atom. The number of rotatable bonds is 42. The summed E-state index contributed by atoms with van der Waals surface area (Å²) in [6, 6.07) is 0. The lowest BCUT2D eigenvalue weighted by Crippen LogP contribution is -2.37. The first kappa shape index (κ1) is 53.0. The molecule has 9 nitrogen and oxygen atoms in total. The zero-order chi connectivity index (χ0) is 40.0. The molecule has 0 rings (SSSR count). The van der Waals surface area contributed by atoms with Crippen molar-refractivity contribution >= 4 is 19.8 Å². The number of nitrogens with zero attached hydrogens (tertiary/aromatic N) is 1. The lowest BCUT2D eigenvalue weighted by molar-refractivity contribution is -0.870. The highest BCUT2D eigenvalue weighted by Gasteiger charge is 2.21. The molecule has 0 aliphatic rings. The number of carbonyl (C=O) groups excluding carboxylic acids is 2. The van der Waals surface area contributed by atoms with Gasteiger partial charge in [0.05, 0.1) is 27.7 Å². The van der Waals surface area contributed by atoms with Gasteiger partial charge in [0.25, 0.3) is 7.82 Å². The second kappa shape index (κ2) is 37.6. The SMILES string of the molecule is CCCCCCCCCCCCCCCCCCCCCCC(=O)OCC(COP(=O)([O-])OCC[N+](C)(C)C)OC(=O)CCCCCCCCCCCC. The Balaban J connectivity index is 4.18. The zero-order valence-electron chi connectivity index (χ0n) is 36.2. The van der Waals surface area contributed by atoms with Gasteiger partial charge in [-0.1, -0.05) is 194 Å². The van der Waals surface area contributed by atoms with E-state index in [0.29, 0.717) is 17.4 Å². The number of phosphoric acid groups is 1. The molecule has 0 heterocycles. The summed E-state index contributed by atoms with van der Waals surface area (Å²) >= 11 is 0. The predicted molar refractivity (Wildman–Crippen MR) is 222 cm³/mol. The van der Waals surface area contributed by atoms with E-state index in [9.17, 15) is 19.0 Å². The molecule has 0 amide bonds. The molecule has 2 unspecified atom stereocenters. The van der Waals surface area contributed by atoms with E-state index < -0.39 is 26.5 Å². The van der Waals surface area contributed by atoms with Gasteiger partial charge in [0, 0.05) is 12.8 Å². The minimum Gasteiger partial charge on any atom is -0.756 e. The number of esters is 2. The van der Waals surface area contributed by atoms with Crippen LogP contribution in [-0.2, 0) is 32.7 Å². The summed E-state index contributed by atoms with van der Waals surface area (Å²) in [5, 5.41) is 0. The number of hydrogen-bond acceptors (Lipinski definition) is 8. The second-order valence-electron chi connectivity index (χ2n) is 16.8. The van der Waals surface area contributed by atoms with Crippen LogP contribution in [-0.4, -0.2) is 70.0 Å². The first-order valence-electron chi connectivity index (χ1n) is 22.7. The van der Waals surface area contributed by atoms with Crippen molar-refractivity contribution in [2.45, 2.75) is 225 Å². The number of likely N-dealkylation sites (N-methyl/N-ethyl adjacent to an activating group) is 1. The molecule has 2 atom stereocenters. The molecule has 54 heavy (non-hydrogen) atoms. The van der Waals surface area contributed by atoms with Gasteiger partial charge in [-0.2, -0.15) is 0 Å². The Bertz CT molecular complexity index is 896. The predicted octanol–water partition coefficient (Wildman–Crippen LogP) is 12.2. The minimum atomic E-state index is -4.61. The molecule has 0 aromatic heterocycles. The maximum Gasteiger partial charge on any atom is 0.306 e. The third-order valence-corrected chi connectivity index (χ3v) is 11.1. The quantitative estimate of drug-likeness (QED) is 0.0260. The minimum absolute atomic E-state index is 0.0259. The summed E-state index contributed by atoms with van der Waals surface area (Å²) < 4.78 is 33.9. The van der Waals surface area contributed by atoms with E-state index >= 15 is 0 Å². The molecule has 0 radical (unpaired) electrons. The molecular weight excluding hydrogens is 701 g/mol. The van der Waals surface area contributed by atoms with Crippen LogP contribution in [0, 0.1) is 0 Å². The van der Waals surface area contributed by atoms with E-state index in [1.807, 2.05) is 21.1 Å². The van der Waals surface area contributed by atoms with Gasteiger partial charge in [-0.25, -0.2) is 0 Å². The zero-order valence-corrected chi connectivity index (χ0v) is 37.1. The molecule has 0 saturated carbocycles. The molecule has 0 fully saturated rings. The average Bonchev–Trinajstić information content (AvgIpc) is 3.12. The van der Waals surface area contributed by atoms with Crippen molar-refractivity contribution in [1.82, 2.24) is 0 Å². The fourth-order valence-electron chi connectivity index (χ4n) is 6.54. The van der Waals surface area contributed by atoms with Crippen LogP contribution in [0.15, 0.2) is 0 Å². The third-order valence-electron chi connectivity index (χ3n) is 10.1. The highest BCUT2D eigenvalue weighted by molar-refractivity contribution is 7.45. The molecule has 322 valence electrons. The van der Waals surface area contributed by atoms with Crippen molar-refractivity contribution < 1.29 is 42.1 Å². The lowest BCUT2D eigenvalue weighted by Gasteiger charge is -2.28. The summed E-state index contributed by atoms with van der Waals surface area (Å²) in [4.78, 5) is 37.4. The third kappa shape index (κ3) is 40.7. The maximum absolute atomic E-state index is 12.6. The van der Waals surface area contributed by atoms with Crippen molar-refractivity contribution in [1.29, 1.82) is 0 Å². The first-order chi connectivity index (χ1) is 26.0. The van der Waals surface area contributed by atoms with Gasteiger partial charge >= 0.3 is 11.9 Å². The molecule has 0 aromatic rings. The molecule has 0 aromatic carbocycles. The van der Waals surface area contributed by atoms with Crippen LogP contribution < -0.4 is 4.89 Å². The number of ether oxygens (including phenoxy) is 2. The van der Waals surface area contributed by atoms with E-state index in [0.717, 1.165) is 32.1 Å². The topological polar surface area (TPSA) is 111 Å². The van der Waals surface area contributed by atoms with E-state index in [1.165, 1.54) is 154 Å². The monoisotopic (exact) mass is 790 g/mol. The molecule has 10 heteroatoms. The second-order valence-corrected chi connectivity index (χ2v) is 18.2. The summed E-state index contributed by atoms with van der Waals surface area (Å²) in [5.41, 5.74) is 0. The molecule has 0 spiro atoms. The molecule has 0 aliphatic heterocycles. The van der Waals surface area contributed by atoms with Gasteiger partial charge in [0.15, 0.2) is 6.10 Å². The van der Waals surface area contributed by atoms with Crippen molar-refractivity contribution in [3.8, 4) is 0 Å². The fraction of sp³-hybridized carbons (Fsp3) is 0.955. The van der Waals surface area contributed by atoms with E-state index in [2.05, 4.69) is 13.8 Å². The number of phosphoric ester groups is 1. The van der Waals surface area contributed by atoms with Gasteiger partial charge in [-0.05, 0) is 12.8 Å². The standard InChI is InChI=1S/C44H88NO8P/c1-6-8-10-12-14-16-18-19-20-21-22-23-24-25-26-27-29-30-32-34-36-43(46)50-40-42(41-52-54(48,49)51-39-38-45(3,4)5)53-44(47)37-35-33-31-28-17-15-13-11-9-7-2/h42H,6-41H2,1-5H3. The first-order valence-corrected chi connectivity index (χ1v) is 24.2. The summed E-state index contributed by atoms with van der Waals surface area (Å²) in [6.45, 7) is 4.25. The molecule has 0 saturated heterocycles. The number of unbranched alkanes of at least 4 members (excludes halogenated alkanes) is 28. The largest absolute Gasteiger partial charge is 0.756 e. The summed E-state index contributed by atoms with van der Waals surface area (Å²) in [5.74, 6) is -0.822. The Hall–Kier alpha value is -0.990. The van der Waals surface area contributed by atoms with Gasteiger partial charge in [-0.3, -0.25) is 14.2 Å². The van der Waals surface area contributed by atoms with Crippen molar-refractivity contribution in [3.05, 3.63) is 0 Å². The summed E-state index contributed by atoms with van der Waals surface area (Å²) in [7, 11) is 1.18.